The van der Waals surface area contributed by atoms with Crippen molar-refractivity contribution in [3.8, 4) is 0 Å². The van der Waals surface area contributed by atoms with Crippen LogP contribution in [0.15, 0.2) is 0 Å². The Morgan fingerprint density at radius 2 is 1.15 bits per heavy atom. The molecule has 27 heavy (non-hydrogen) atoms. The highest BCUT2D eigenvalue weighted by molar-refractivity contribution is 6.32. The molecule has 0 spiro atoms. The summed E-state index contributed by atoms with van der Waals surface area (Å²) in [7, 11) is 1.28. The quantitative estimate of drug-likeness (QED) is 0.177. The summed E-state index contributed by atoms with van der Waals surface area (Å²) in [6.45, 7) is 2.05. The summed E-state index contributed by atoms with van der Waals surface area (Å²) >= 11 is 0. The Morgan fingerprint density at radius 3 is 1.63 bits per heavy atom. The normalized spacial score (nSPS) is 10.4. The summed E-state index contributed by atoms with van der Waals surface area (Å²) in [5, 5.41) is 8.36. The zero-order valence-electron chi connectivity index (χ0n) is 15.3. The maximum Gasteiger partial charge on any atom is 0.372 e. The average molecular weight is 394 g/mol. The lowest BCUT2D eigenvalue weighted by molar-refractivity contribution is -0.151. The molecule has 0 heterocycles. The largest absolute Gasteiger partial charge is 0.476 e. The third-order valence-corrected chi connectivity index (χ3v) is 2.85. The lowest BCUT2D eigenvalue weighted by Gasteiger charge is -2.07. The molecule has 0 aromatic rings. The number of carbonyl (C=O) groups excluding carboxylic acids is 3. The Bertz CT molecular complexity index is 450. The molecular weight excluding hydrogens is 368 g/mol. The molecule has 0 aliphatic rings. The van der Waals surface area contributed by atoms with E-state index >= 15 is 0 Å². The van der Waals surface area contributed by atoms with Gasteiger partial charge in [0.2, 0.25) is 5.78 Å². The van der Waals surface area contributed by atoms with Gasteiger partial charge in [-0.15, -0.1) is 0 Å². The number of carbonyl (C=O) groups is 4. The first kappa shape index (κ1) is 24.9. The van der Waals surface area contributed by atoms with Gasteiger partial charge in [-0.25, -0.2) is 9.59 Å². The van der Waals surface area contributed by atoms with Crippen molar-refractivity contribution in [3.63, 3.8) is 0 Å². The van der Waals surface area contributed by atoms with Gasteiger partial charge in [0, 0.05) is 6.42 Å². The molecule has 0 radical (unpaired) electrons. The second-order valence-corrected chi connectivity index (χ2v) is 4.91. The molecule has 0 saturated heterocycles. The molecule has 1 N–H and O–H groups in total. The van der Waals surface area contributed by atoms with E-state index in [1.807, 2.05) is 0 Å². The Kier molecular flexibility index (Phi) is 16.0. The maximum atomic E-state index is 11.2. The molecule has 156 valence electrons. The van der Waals surface area contributed by atoms with E-state index < -0.39 is 23.7 Å². The topological polar surface area (TPSA) is 144 Å². The number of carboxylic acid groups (broad SMARTS) is 1. The Balaban J connectivity index is 3.25. The van der Waals surface area contributed by atoms with Crippen LogP contribution in [0.1, 0.15) is 12.8 Å². The second-order valence-electron chi connectivity index (χ2n) is 4.91. The number of methoxy groups -OCH3 is 1. The minimum absolute atomic E-state index is 0.00871. The lowest BCUT2D eigenvalue weighted by Crippen LogP contribution is -2.17. The Labute approximate surface area is 156 Å². The number of hydrogen-bond donors (Lipinski definition) is 1. The highest BCUT2D eigenvalue weighted by atomic mass is 16.6. The van der Waals surface area contributed by atoms with Gasteiger partial charge in [0.1, 0.15) is 13.2 Å². The zero-order valence-corrected chi connectivity index (χ0v) is 15.3. The first-order chi connectivity index (χ1) is 13.0. The van der Waals surface area contributed by atoms with Crippen LogP contribution in [0.2, 0.25) is 0 Å². The molecule has 0 atom stereocenters. The van der Waals surface area contributed by atoms with Gasteiger partial charge >= 0.3 is 17.9 Å². The van der Waals surface area contributed by atoms with Crippen molar-refractivity contribution in [1.29, 1.82) is 0 Å². The van der Waals surface area contributed by atoms with Gasteiger partial charge in [-0.1, -0.05) is 0 Å². The van der Waals surface area contributed by atoms with Crippen molar-refractivity contribution >= 4 is 23.7 Å². The molecule has 0 saturated carbocycles. The molecule has 11 heteroatoms. The van der Waals surface area contributed by atoms with Crippen LogP contribution >= 0.6 is 0 Å². The molecule has 0 aromatic heterocycles. The Morgan fingerprint density at radius 1 is 0.667 bits per heavy atom. The predicted octanol–water partition coefficient (Wildman–Crippen LogP) is -0.797. The number of carboxylic acids is 1. The van der Waals surface area contributed by atoms with Crippen LogP contribution in [-0.4, -0.2) is 95.4 Å². The molecule has 0 fully saturated rings. The number of Topliss-reactive ketones (excluding diaryl/α,β-unsaturated/α-hetero) is 1. The molecule has 0 bridgehead atoms. The number of rotatable bonds is 18. The predicted molar refractivity (Wildman–Crippen MR) is 88.1 cm³/mol. The van der Waals surface area contributed by atoms with Crippen LogP contribution in [0.25, 0.3) is 0 Å². The number of aliphatic carboxylic acids is 1. The molecule has 0 unspecified atom stereocenters. The van der Waals surface area contributed by atoms with Gasteiger partial charge < -0.3 is 33.5 Å². The summed E-state index contributed by atoms with van der Waals surface area (Å²) in [6, 6.07) is 0. The number of hydrogen-bond acceptors (Lipinski definition) is 10. The molecule has 11 nitrogen and oxygen atoms in total. The average Bonchev–Trinajstić information content (AvgIpc) is 2.65. The molecular formula is C16H26O11. The standard InChI is InChI=1S/C16H26O11/c1-22-15(19)12-26-9-8-24-5-4-23-6-7-25-10-11-27-14(18)3-2-13(17)16(20)21/h2-12H2,1H3,(H,20,21). The third kappa shape index (κ3) is 17.1. The van der Waals surface area contributed by atoms with E-state index in [1.54, 1.807) is 0 Å². The van der Waals surface area contributed by atoms with Crippen molar-refractivity contribution < 1.29 is 52.7 Å². The molecule has 0 aromatic carbocycles. The lowest BCUT2D eigenvalue weighted by atomic mass is 10.2. The highest BCUT2D eigenvalue weighted by Gasteiger charge is 2.14. The van der Waals surface area contributed by atoms with E-state index in [9.17, 15) is 19.2 Å². The van der Waals surface area contributed by atoms with Crippen LogP contribution < -0.4 is 0 Å². The maximum absolute atomic E-state index is 11.2. The van der Waals surface area contributed by atoms with Crippen LogP contribution in [-0.2, 0) is 47.6 Å². The molecule has 0 aliphatic carbocycles. The first-order valence-electron chi connectivity index (χ1n) is 8.27. The molecule has 0 rings (SSSR count). The SMILES string of the molecule is COC(=O)COCCOCCOCCOCCOC(=O)CCC(=O)C(=O)O. The van der Waals surface area contributed by atoms with Gasteiger partial charge in [-0.2, -0.15) is 0 Å². The number of ketones is 1. The highest BCUT2D eigenvalue weighted by Crippen LogP contribution is 1.95. The van der Waals surface area contributed by atoms with E-state index in [1.165, 1.54) is 7.11 Å². The van der Waals surface area contributed by atoms with Crippen molar-refractivity contribution in [3.05, 3.63) is 0 Å². The van der Waals surface area contributed by atoms with Crippen LogP contribution in [0.4, 0.5) is 0 Å². The third-order valence-electron chi connectivity index (χ3n) is 2.85. The van der Waals surface area contributed by atoms with Gasteiger partial charge in [0.15, 0.2) is 0 Å². The van der Waals surface area contributed by atoms with E-state index in [2.05, 4.69) is 4.74 Å². The van der Waals surface area contributed by atoms with Crippen LogP contribution in [0.5, 0.6) is 0 Å². The minimum Gasteiger partial charge on any atom is -0.476 e. The fourth-order valence-electron chi connectivity index (χ4n) is 1.48. The zero-order chi connectivity index (χ0) is 20.3. The summed E-state index contributed by atoms with van der Waals surface area (Å²) < 4.78 is 29.8. The number of ether oxygens (including phenoxy) is 6. The van der Waals surface area contributed by atoms with Crippen LogP contribution in [0, 0.1) is 0 Å². The van der Waals surface area contributed by atoms with Crippen molar-refractivity contribution in [1.82, 2.24) is 0 Å². The van der Waals surface area contributed by atoms with Crippen molar-refractivity contribution in [2.24, 2.45) is 0 Å². The summed E-state index contributed by atoms with van der Waals surface area (Å²) in [5.41, 5.74) is 0. The van der Waals surface area contributed by atoms with E-state index in [4.69, 9.17) is 28.8 Å². The fraction of sp³-hybridized carbons (Fsp3) is 0.750. The summed E-state index contributed by atoms with van der Waals surface area (Å²) in [6.07, 6.45) is -0.662. The van der Waals surface area contributed by atoms with E-state index in [-0.39, 0.29) is 39.3 Å². The van der Waals surface area contributed by atoms with Gasteiger partial charge in [-0.3, -0.25) is 9.59 Å². The molecule has 0 amide bonds. The summed E-state index contributed by atoms with van der Waals surface area (Å²) in [4.78, 5) is 43.0. The van der Waals surface area contributed by atoms with Gasteiger partial charge in [-0.05, 0) is 0 Å². The summed E-state index contributed by atoms with van der Waals surface area (Å²) in [5.74, 6) is -3.69. The van der Waals surface area contributed by atoms with Crippen LogP contribution in [0.3, 0.4) is 0 Å². The monoisotopic (exact) mass is 394 g/mol. The molecule has 0 aliphatic heterocycles. The van der Waals surface area contributed by atoms with E-state index in [0.29, 0.717) is 33.0 Å². The fourth-order valence-corrected chi connectivity index (χ4v) is 1.48. The smallest absolute Gasteiger partial charge is 0.372 e. The second kappa shape index (κ2) is 17.3. The van der Waals surface area contributed by atoms with Crippen molar-refractivity contribution in [2.75, 3.05) is 66.6 Å². The van der Waals surface area contributed by atoms with E-state index in [0.717, 1.165) is 0 Å². The van der Waals surface area contributed by atoms with Gasteiger partial charge in [0.05, 0.1) is 59.8 Å². The Hall–Kier alpha value is -2.08. The van der Waals surface area contributed by atoms with Gasteiger partial charge in [0.25, 0.3) is 0 Å². The number of esters is 2. The first-order valence-corrected chi connectivity index (χ1v) is 8.27. The van der Waals surface area contributed by atoms with Crippen molar-refractivity contribution in [2.45, 2.75) is 12.8 Å². The minimum atomic E-state index is -1.57.